The standard InChI is InChI=1S/C32H42N2O6/c1-19(35)24-11-12-25-23-10-9-21-17-22(13-15-31(21,2)26(23)14-16-32(24,25)3)34-40-18-27(36)33-28(30(38)39)29(37)20-7-5-4-6-8-20/h4-8,17,23-26,28-29,37H,9-16,18H2,1-3H3,(H,33,36)(H,38,39)/t23?,24?,25?,26?,28?,29?,31-,32+/m0/s1. The number of carboxylic acid groups (broad SMARTS) is 1. The summed E-state index contributed by atoms with van der Waals surface area (Å²) in [6.45, 7) is 6.13. The number of oxime groups is 1. The van der Waals surface area contributed by atoms with Crippen LogP contribution in [-0.4, -0.2) is 46.2 Å². The minimum absolute atomic E-state index is 0.122. The van der Waals surface area contributed by atoms with Crippen LogP contribution in [0.3, 0.4) is 0 Å². The molecule has 3 saturated carbocycles. The van der Waals surface area contributed by atoms with Crippen LogP contribution in [0.2, 0.25) is 0 Å². The van der Waals surface area contributed by atoms with E-state index in [9.17, 15) is 24.6 Å². The molecule has 0 bridgehead atoms. The van der Waals surface area contributed by atoms with Crippen LogP contribution >= 0.6 is 0 Å². The first-order chi connectivity index (χ1) is 19.0. The number of nitrogens with one attached hydrogen (secondary N) is 1. The van der Waals surface area contributed by atoms with Gasteiger partial charge in [0, 0.05) is 5.92 Å². The second kappa shape index (κ2) is 11.1. The average Bonchev–Trinajstić information content (AvgIpc) is 3.29. The lowest BCUT2D eigenvalue weighted by Crippen LogP contribution is -2.51. The summed E-state index contributed by atoms with van der Waals surface area (Å²) in [5, 5.41) is 26.6. The third-order valence-corrected chi connectivity index (χ3v) is 10.9. The van der Waals surface area contributed by atoms with Gasteiger partial charge in [-0.1, -0.05) is 54.9 Å². The third kappa shape index (κ3) is 5.11. The molecular formula is C32H42N2O6. The maximum Gasteiger partial charge on any atom is 0.329 e. The van der Waals surface area contributed by atoms with Crippen LogP contribution in [0.1, 0.15) is 83.8 Å². The zero-order valence-corrected chi connectivity index (χ0v) is 23.8. The van der Waals surface area contributed by atoms with Crippen molar-refractivity contribution in [1.82, 2.24) is 5.32 Å². The molecule has 3 fully saturated rings. The molecule has 1 aromatic rings. The number of carboxylic acids is 1. The maximum absolute atomic E-state index is 12.4. The van der Waals surface area contributed by atoms with Crippen LogP contribution in [-0.2, 0) is 19.2 Å². The number of benzene rings is 1. The summed E-state index contributed by atoms with van der Waals surface area (Å²) in [6.07, 6.45) is 9.17. The molecule has 8 nitrogen and oxygen atoms in total. The first-order valence-corrected chi connectivity index (χ1v) is 14.7. The molecule has 0 radical (unpaired) electrons. The highest BCUT2D eigenvalue weighted by atomic mass is 16.6. The van der Waals surface area contributed by atoms with E-state index in [0.717, 1.165) is 50.7 Å². The lowest BCUT2D eigenvalue weighted by atomic mass is 9.46. The molecule has 0 aliphatic heterocycles. The van der Waals surface area contributed by atoms with Gasteiger partial charge in [-0.05, 0) is 98.5 Å². The van der Waals surface area contributed by atoms with Gasteiger partial charge in [-0.15, -0.1) is 0 Å². The molecule has 0 aromatic heterocycles. The Morgan fingerprint density at radius 2 is 1.80 bits per heavy atom. The van der Waals surface area contributed by atoms with Crippen molar-refractivity contribution in [3.05, 3.63) is 47.5 Å². The maximum atomic E-state index is 12.4. The molecule has 40 heavy (non-hydrogen) atoms. The highest BCUT2D eigenvalue weighted by Crippen LogP contribution is 2.66. The summed E-state index contributed by atoms with van der Waals surface area (Å²) in [6, 6.07) is 6.86. The number of allylic oxidation sites excluding steroid dienone is 2. The van der Waals surface area contributed by atoms with Crippen molar-refractivity contribution in [2.75, 3.05) is 6.61 Å². The molecule has 0 heterocycles. The van der Waals surface area contributed by atoms with E-state index in [2.05, 4.69) is 30.4 Å². The molecule has 0 saturated heterocycles. The minimum atomic E-state index is -1.50. The predicted molar refractivity (Wildman–Crippen MR) is 150 cm³/mol. The first kappa shape index (κ1) is 28.5. The molecule has 8 atom stereocenters. The normalized spacial score (nSPS) is 35.4. The largest absolute Gasteiger partial charge is 0.480 e. The highest BCUT2D eigenvalue weighted by Gasteiger charge is 2.59. The number of Topliss-reactive ketones (excluding diaryl/α,β-unsaturated/α-hetero) is 1. The number of carbonyl (C=O) groups excluding carboxylic acids is 2. The number of amides is 1. The van der Waals surface area contributed by atoms with E-state index >= 15 is 0 Å². The number of aliphatic hydroxyl groups is 1. The van der Waals surface area contributed by atoms with Gasteiger partial charge in [0.05, 0.1) is 5.71 Å². The number of hydrogen-bond donors (Lipinski definition) is 3. The summed E-state index contributed by atoms with van der Waals surface area (Å²) in [4.78, 5) is 41.9. The second-order valence-electron chi connectivity index (χ2n) is 12.9. The summed E-state index contributed by atoms with van der Waals surface area (Å²) in [5.41, 5.74) is 2.88. The third-order valence-electron chi connectivity index (χ3n) is 10.9. The number of fused-ring (bicyclic) bond motifs is 5. The van der Waals surface area contributed by atoms with Gasteiger partial charge in [0.15, 0.2) is 12.6 Å². The van der Waals surface area contributed by atoms with E-state index < -0.39 is 30.6 Å². The Hall–Kier alpha value is -3.00. The Labute approximate surface area is 236 Å². The molecule has 4 aliphatic carbocycles. The Morgan fingerprint density at radius 1 is 1.05 bits per heavy atom. The highest BCUT2D eigenvalue weighted by molar-refractivity contribution is 5.96. The molecule has 0 spiro atoms. The SMILES string of the molecule is CC(=O)C1CCC2C3CCC4=CC(=NOCC(=O)NC(C(=O)O)C(O)c5ccccc5)CC[C@]4(C)C3CC[C@]12C. The quantitative estimate of drug-likeness (QED) is 0.398. The fraction of sp³-hybridized carbons (Fsp3) is 0.625. The summed E-state index contributed by atoms with van der Waals surface area (Å²) < 4.78 is 0. The van der Waals surface area contributed by atoms with E-state index in [1.54, 1.807) is 37.3 Å². The second-order valence-corrected chi connectivity index (χ2v) is 12.9. The van der Waals surface area contributed by atoms with Crippen molar-refractivity contribution in [3.8, 4) is 0 Å². The van der Waals surface area contributed by atoms with Crippen molar-refractivity contribution in [2.24, 2.45) is 39.7 Å². The van der Waals surface area contributed by atoms with Crippen molar-refractivity contribution in [3.63, 3.8) is 0 Å². The Kier molecular flexibility index (Phi) is 7.92. The zero-order valence-electron chi connectivity index (χ0n) is 23.8. The van der Waals surface area contributed by atoms with Crippen LogP contribution < -0.4 is 5.32 Å². The molecule has 4 aliphatic rings. The van der Waals surface area contributed by atoms with Crippen molar-refractivity contribution >= 4 is 23.4 Å². The van der Waals surface area contributed by atoms with E-state index in [4.69, 9.17) is 4.84 Å². The average molecular weight is 551 g/mol. The molecule has 8 heteroatoms. The number of rotatable bonds is 8. The lowest BCUT2D eigenvalue weighted by Gasteiger charge is -2.58. The number of aliphatic carboxylic acids is 1. The molecule has 3 N–H and O–H groups in total. The monoisotopic (exact) mass is 550 g/mol. The number of ketones is 1. The molecule has 216 valence electrons. The van der Waals surface area contributed by atoms with Gasteiger partial charge in [-0.2, -0.15) is 0 Å². The molecule has 1 aromatic carbocycles. The summed E-state index contributed by atoms with van der Waals surface area (Å²) >= 11 is 0. The first-order valence-electron chi connectivity index (χ1n) is 14.7. The molecule has 5 rings (SSSR count). The number of carbonyl (C=O) groups is 3. The topological polar surface area (TPSA) is 125 Å². The van der Waals surface area contributed by atoms with E-state index in [1.807, 2.05) is 0 Å². The lowest BCUT2D eigenvalue weighted by molar-refractivity contribution is -0.146. The smallest absolute Gasteiger partial charge is 0.329 e. The Bertz CT molecular complexity index is 1210. The van der Waals surface area contributed by atoms with Crippen molar-refractivity contribution in [2.45, 2.75) is 84.3 Å². The van der Waals surface area contributed by atoms with Crippen LogP contribution in [0.25, 0.3) is 0 Å². The van der Waals surface area contributed by atoms with Crippen molar-refractivity contribution < 1.29 is 29.4 Å². The predicted octanol–water partition coefficient (Wildman–Crippen LogP) is 4.83. The molecule has 6 unspecified atom stereocenters. The van der Waals surface area contributed by atoms with E-state index in [0.29, 0.717) is 29.1 Å². The van der Waals surface area contributed by atoms with Gasteiger partial charge >= 0.3 is 5.97 Å². The Morgan fingerprint density at radius 3 is 2.50 bits per heavy atom. The number of aliphatic hydroxyl groups excluding tert-OH is 1. The fourth-order valence-corrected chi connectivity index (χ4v) is 8.82. The molecular weight excluding hydrogens is 508 g/mol. The van der Waals surface area contributed by atoms with Gasteiger partial charge in [0.25, 0.3) is 5.91 Å². The molecule has 1 amide bonds. The number of nitrogens with zero attached hydrogens (tertiary/aromatic N) is 1. The van der Waals surface area contributed by atoms with Gasteiger partial charge in [0.1, 0.15) is 11.9 Å². The van der Waals surface area contributed by atoms with Crippen LogP contribution in [0, 0.1) is 34.5 Å². The number of hydrogen-bond acceptors (Lipinski definition) is 6. The van der Waals surface area contributed by atoms with E-state index in [1.165, 1.54) is 12.0 Å². The fourth-order valence-electron chi connectivity index (χ4n) is 8.82. The minimum Gasteiger partial charge on any atom is -0.480 e. The van der Waals surface area contributed by atoms with Crippen LogP contribution in [0.4, 0.5) is 0 Å². The summed E-state index contributed by atoms with van der Waals surface area (Å²) in [7, 11) is 0. The van der Waals surface area contributed by atoms with Gasteiger partial charge in [0.2, 0.25) is 0 Å². The van der Waals surface area contributed by atoms with Gasteiger partial charge < -0.3 is 20.4 Å². The summed E-state index contributed by atoms with van der Waals surface area (Å²) in [5.74, 6) is 0.502. The van der Waals surface area contributed by atoms with Crippen LogP contribution in [0.15, 0.2) is 47.1 Å². The van der Waals surface area contributed by atoms with Crippen molar-refractivity contribution in [1.29, 1.82) is 0 Å². The van der Waals surface area contributed by atoms with Crippen LogP contribution in [0.5, 0.6) is 0 Å². The zero-order chi connectivity index (χ0) is 28.7. The van der Waals surface area contributed by atoms with Gasteiger partial charge in [-0.3, -0.25) is 9.59 Å². The van der Waals surface area contributed by atoms with E-state index in [-0.39, 0.29) is 16.7 Å². The van der Waals surface area contributed by atoms with Gasteiger partial charge in [-0.25, -0.2) is 4.79 Å². The Balaban J connectivity index is 1.20.